The van der Waals surface area contributed by atoms with Gasteiger partial charge in [-0.1, -0.05) is 38.0 Å². The molecule has 3 nitrogen and oxygen atoms in total. The van der Waals surface area contributed by atoms with Crippen LogP contribution in [0.4, 0.5) is 0 Å². The molecule has 0 heterocycles. The lowest BCUT2D eigenvalue weighted by molar-refractivity contribution is 0.105. The summed E-state index contributed by atoms with van der Waals surface area (Å²) in [4.78, 5) is 0. The van der Waals surface area contributed by atoms with Crippen molar-refractivity contribution < 1.29 is 9.84 Å². The number of nitrogens with one attached hydrogen (secondary N) is 1. The van der Waals surface area contributed by atoms with Gasteiger partial charge in [-0.25, -0.2) is 0 Å². The Kier molecular flexibility index (Phi) is 6.89. The minimum Gasteiger partial charge on any atom is -0.491 e. The predicted octanol–water partition coefficient (Wildman–Crippen LogP) is 2.68. The van der Waals surface area contributed by atoms with Gasteiger partial charge in [0.25, 0.3) is 0 Å². The van der Waals surface area contributed by atoms with Gasteiger partial charge in [-0.05, 0) is 37.9 Å². The summed E-state index contributed by atoms with van der Waals surface area (Å²) in [6.45, 7) is 10.3. The number of benzene rings is 1. The number of aliphatic hydroxyl groups is 1. The third-order valence-electron chi connectivity index (χ3n) is 3.33. The maximum atomic E-state index is 9.85. The largest absolute Gasteiger partial charge is 0.491 e. The van der Waals surface area contributed by atoms with Gasteiger partial charge in [-0.15, -0.1) is 0 Å². The van der Waals surface area contributed by atoms with Crippen LogP contribution in [0.2, 0.25) is 0 Å². The lowest BCUT2D eigenvalue weighted by Crippen LogP contribution is -2.33. The van der Waals surface area contributed by atoms with Crippen LogP contribution in [-0.4, -0.2) is 30.9 Å². The van der Waals surface area contributed by atoms with Gasteiger partial charge in [0.15, 0.2) is 0 Å². The van der Waals surface area contributed by atoms with E-state index in [2.05, 4.69) is 32.2 Å². The van der Waals surface area contributed by atoms with E-state index in [0.29, 0.717) is 19.1 Å². The summed E-state index contributed by atoms with van der Waals surface area (Å²) >= 11 is 0. The Morgan fingerprint density at radius 2 is 2.00 bits per heavy atom. The fourth-order valence-electron chi connectivity index (χ4n) is 1.85. The minimum atomic E-state index is -0.468. The van der Waals surface area contributed by atoms with Crippen LogP contribution in [0.3, 0.4) is 0 Å². The summed E-state index contributed by atoms with van der Waals surface area (Å²) in [5.41, 5.74) is 2.33. The fourth-order valence-corrected chi connectivity index (χ4v) is 1.85. The molecule has 108 valence electrons. The molecule has 0 radical (unpaired) electrons. The van der Waals surface area contributed by atoms with Gasteiger partial charge in [0.1, 0.15) is 18.5 Å². The first-order valence-electron chi connectivity index (χ1n) is 7.11. The topological polar surface area (TPSA) is 41.5 Å². The number of aryl methyl sites for hydroxylation is 2. The molecule has 0 amide bonds. The molecule has 0 spiro atoms. The first kappa shape index (κ1) is 16.0. The molecule has 0 aliphatic carbocycles. The second-order valence-electron chi connectivity index (χ2n) is 5.41. The van der Waals surface area contributed by atoms with E-state index in [9.17, 15) is 5.11 Å². The molecule has 1 aromatic rings. The maximum Gasteiger partial charge on any atom is 0.122 e. The molecule has 0 aliphatic rings. The highest BCUT2D eigenvalue weighted by molar-refractivity contribution is 5.35. The van der Waals surface area contributed by atoms with Crippen molar-refractivity contribution >= 4 is 0 Å². The van der Waals surface area contributed by atoms with E-state index in [4.69, 9.17) is 4.74 Å². The zero-order chi connectivity index (χ0) is 14.3. The van der Waals surface area contributed by atoms with Gasteiger partial charge < -0.3 is 15.2 Å². The van der Waals surface area contributed by atoms with E-state index >= 15 is 0 Å². The summed E-state index contributed by atoms with van der Waals surface area (Å²) < 4.78 is 5.65. The number of hydrogen-bond donors (Lipinski definition) is 2. The van der Waals surface area contributed by atoms with Crippen molar-refractivity contribution in [3.63, 3.8) is 0 Å². The molecular formula is C16H27NO2. The van der Waals surface area contributed by atoms with Crippen LogP contribution in [0.1, 0.15) is 31.4 Å². The molecule has 0 fully saturated rings. The zero-order valence-electron chi connectivity index (χ0n) is 12.6. The van der Waals surface area contributed by atoms with Crippen LogP contribution in [0.25, 0.3) is 0 Å². The minimum absolute atomic E-state index is 0.331. The monoisotopic (exact) mass is 265 g/mol. The summed E-state index contributed by atoms with van der Waals surface area (Å²) in [7, 11) is 0. The van der Waals surface area contributed by atoms with E-state index in [1.165, 1.54) is 5.56 Å². The summed E-state index contributed by atoms with van der Waals surface area (Å²) in [5.74, 6) is 1.50. The summed E-state index contributed by atoms with van der Waals surface area (Å²) in [6.07, 6.45) is 0.687. The van der Waals surface area contributed by atoms with Crippen molar-refractivity contribution in [3.05, 3.63) is 29.3 Å². The maximum absolute atomic E-state index is 9.85. The highest BCUT2D eigenvalue weighted by Crippen LogP contribution is 2.18. The van der Waals surface area contributed by atoms with Crippen LogP contribution in [0, 0.1) is 19.8 Å². The summed E-state index contributed by atoms with van der Waals surface area (Å²) in [5, 5.41) is 13.1. The zero-order valence-corrected chi connectivity index (χ0v) is 12.6. The van der Waals surface area contributed by atoms with Crippen molar-refractivity contribution in [1.82, 2.24) is 5.32 Å². The molecule has 0 saturated heterocycles. The highest BCUT2D eigenvalue weighted by Gasteiger charge is 2.07. The molecule has 1 aromatic carbocycles. The third kappa shape index (κ3) is 6.08. The molecule has 0 aliphatic heterocycles. The first-order valence-corrected chi connectivity index (χ1v) is 7.11. The molecule has 2 atom stereocenters. The molecule has 2 unspecified atom stereocenters. The molecule has 0 aromatic heterocycles. The van der Waals surface area contributed by atoms with Crippen molar-refractivity contribution in [3.8, 4) is 5.75 Å². The standard InChI is InChI=1S/C16H27NO2/c1-5-12(2)9-17-10-15(18)11-19-16-7-6-13(3)8-14(16)4/h6-8,12,15,17-18H,5,9-11H2,1-4H3. The van der Waals surface area contributed by atoms with Gasteiger partial charge in [-0.2, -0.15) is 0 Å². The quantitative estimate of drug-likeness (QED) is 0.759. The number of rotatable bonds is 8. The fraction of sp³-hybridized carbons (Fsp3) is 0.625. The molecule has 0 bridgehead atoms. The Labute approximate surface area is 117 Å². The molecule has 19 heavy (non-hydrogen) atoms. The average Bonchev–Trinajstić information content (AvgIpc) is 2.37. The molecular weight excluding hydrogens is 238 g/mol. The Bertz CT molecular complexity index is 379. The van der Waals surface area contributed by atoms with Crippen LogP contribution in [0.15, 0.2) is 18.2 Å². The van der Waals surface area contributed by atoms with Crippen molar-refractivity contribution in [2.75, 3.05) is 19.7 Å². The SMILES string of the molecule is CCC(C)CNCC(O)COc1ccc(C)cc1C. The molecule has 2 N–H and O–H groups in total. The molecule has 0 saturated carbocycles. The number of ether oxygens (including phenoxy) is 1. The lowest BCUT2D eigenvalue weighted by atomic mass is 10.1. The predicted molar refractivity (Wildman–Crippen MR) is 79.7 cm³/mol. The van der Waals surface area contributed by atoms with Crippen LogP contribution < -0.4 is 10.1 Å². The number of aliphatic hydroxyl groups excluding tert-OH is 1. The Hall–Kier alpha value is -1.06. The van der Waals surface area contributed by atoms with Gasteiger partial charge in [-0.3, -0.25) is 0 Å². The van der Waals surface area contributed by atoms with Crippen molar-refractivity contribution in [2.45, 2.75) is 40.2 Å². The van der Waals surface area contributed by atoms with E-state index in [0.717, 1.165) is 24.3 Å². The lowest BCUT2D eigenvalue weighted by Gasteiger charge is -2.16. The van der Waals surface area contributed by atoms with E-state index in [-0.39, 0.29) is 0 Å². The van der Waals surface area contributed by atoms with Crippen molar-refractivity contribution in [2.24, 2.45) is 5.92 Å². The van der Waals surface area contributed by atoms with E-state index in [1.807, 2.05) is 19.1 Å². The van der Waals surface area contributed by atoms with Crippen molar-refractivity contribution in [1.29, 1.82) is 0 Å². The van der Waals surface area contributed by atoms with Gasteiger partial charge in [0.05, 0.1) is 0 Å². The van der Waals surface area contributed by atoms with E-state index in [1.54, 1.807) is 0 Å². The number of hydrogen-bond acceptors (Lipinski definition) is 3. The van der Waals surface area contributed by atoms with Crippen LogP contribution in [0.5, 0.6) is 5.75 Å². The third-order valence-corrected chi connectivity index (χ3v) is 3.33. The average molecular weight is 265 g/mol. The van der Waals surface area contributed by atoms with Crippen LogP contribution in [-0.2, 0) is 0 Å². The normalized spacial score (nSPS) is 14.2. The Morgan fingerprint density at radius 3 is 2.63 bits per heavy atom. The van der Waals surface area contributed by atoms with Gasteiger partial charge >= 0.3 is 0 Å². The Balaban J connectivity index is 2.28. The second-order valence-corrected chi connectivity index (χ2v) is 5.41. The smallest absolute Gasteiger partial charge is 0.122 e. The molecule has 3 heteroatoms. The van der Waals surface area contributed by atoms with Gasteiger partial charge in [0.2, 0.25) is 0 Å². The molecule has 1 rings (SSSR count). The highest BCUT2D eigenvalue weighted by atomic mass is 16.5. The first-order chi connectivity index (χ1) is 9.02. The van der Waals surface area contributed by atoms with Gasteiger partial charge in [0, 0.05) is 6.54 Å². The second kappa shape index (κ2) is 8.18. The Morgan fingerprint density at radius 1 is 1.26 bits per heavy atom. The van der Waals surface area contributed by atoms with E-state index < -0.39 is 6.10 Å². The van der Waals surface area contributed by atoms with Crippen LogP contribution >= 0.6 is 0 Å². The summed E-state index contributed by atoms with van der Waals surface area (Å²) in [6, 6.07) is 6.07.